The molecule has 1 N–H and O–H groups in total. The lowest BCUT2D eigenvalue weighted by atomic mass is 10.1. The Hall–Kier alpha value is -3.09. The Bertz CT molecular complexity index is 1160. The minimum absolute atomic E-state index is 0.237. The minimum atomic E-state index is -0.342. The predicted molar refractivity (Wildman–Crippen MR) is 128 cm³/mol. The zero-order chi connectivity index (χ0) is 22.2. The Labute approximate surface area is 198 Å². The molecule has 0 bridgehead atoms. The minimum Gasteiger partial charge on any atom is -0.493 e. The number of nitrogens with zero attached hydrogens (tertiary/aromatic N) is 2. The van der Waals surface area contributed by atoms with Crippen LogP contribution in [0.3, 0.4) is 0 Å². The molecule has 0 spiro atoms. The fourth-order valence-corrected chi connectivity index (χ4v) is 3.60. The highest BCUT2D eigenvalue weighted by Crippen LogP contribution is 2.34. The maximum absolute atomic E-state index is 12.1. The topological polar surface area (TPSA) is 83.7 Å². The molecule has 3 aromatic rings. The largest absolute Gasteiger partial charge is 0.493 e. The first kappa shape index (κ1) is 22.6. The van der Waals surface area contributed by atoms with Crippen LogP contribution in [0.4, 0.5) is 0 Å². The van der Waals surface area contributed by atoms with Crippen LogP contribution in [0.1, 0.15) is 27.0 Å². The highest BCUT2D eigenvalue weighted by Gasteiger charge is 2.13. The first-order valence-electron chi connectivity index (χ1n) is 9.09. The molecular weight excluding hydrogens is 529 g/mol. The second-order valence-corrected chi connectivity index (χ2v) is 7.90. The van der Waals surface area contributed by atoms with Gasteiger partial charge < -0.3 is 9.47 Å². The van der Waals surface area contributed by atoms with Gasteiger partial charge in [0.05, 0.1) is 28.5 Å². The van der Waals surface area contributed by atoms with Crippen LogP contribution in [0.25, 0.3) is 0 Å². The fourth-order valence-electron chi connectivity index (χ4n) is 2.69. The van der Waals surface area contributed by atoms with E-state index >= 15 is 0 Å². The van der Waals surface area contributed by atoms with Crippen molar-refractivity contribution in [2.24, 2.45) is 5.10 Å². The molecule has 6 nitrogen and oxygen atoms in total. The highest BCUT2D eigenvalue weighted by atomic mass is 127. The van der Waals surface area contributed by atoms with Crippen molar-refractivity contribution in [2.75, 3.05) is 7.11 Å². The number of carbonyl (C=O) groups is 1. The van der Waals surface area contributed by atoms with E-state index in [1.54, 1.807) is 43.5 Å². The summed E-state index contributed by atoms with van der Waals surface area (Å²) in [6.45, 7) is 0.237. The Morgan fingerprint density at radius 2 is 1.97 bits per heavy atom. The molecule has 0 radical (unpaired) electrons. The summed E-state index contributed by atoms with van der Waals surface area (Å²) >= 11 is 7.97. The molecule has 0 aromatic heterocycles. The van der Waals surface area contributed by atoms with Crippen molar-refractivity contribution in [3.8, 4) is 17.6 Å². The first-order valence-corrected chi connectivity index (χ1v) is 10.5. The number of amides is 1. The zero-order valence-electron chi connectivity index (χ0n) is 16.4. The van der Waals surface area contributed by atoms with Crippen LogP contribution in [0, 0.1) is 14.9 Å². The molecule has 0 saturated carbocycles. The number of hydrazone groups is 1. The second kappa shape index (κ2) is 10.8. The normalized spacial score (nSPS) is 10.5. The summed E-state index contributed by atoms with van der Waals surface area (Å²) in [5, 5.41) is 13.8. The molecule has 0 heterocycles. The van der Waals surface area contributed by atoms with Crippen molar-refractivity contribution in [1.29, 1.82) is 5.26 Å². The van der Waals surface area contributed by atoms with Gasteiger partial charge >= 0.3 is 0 Å². The molecule has 0 aliphatic carbocycles. The number of hydrogen-bond donors (Lipinski definition) is 1. The number of methoxy groups -OCH3 is 1. The number of benzene rings is 3. The molecular formula is C23H17ClIN3O3. The van der Waals surface area contributed by atoms with Crippen molar-refractivity contribution in [2.45, 2.75) is 6.61 Å². The number of nitriles is 1. The molecule has 0 unspecified atom stereocenters. The maximum atomic E-state index is 12.1. The van der Waals surface area contributed by atoms with Crippen LogP contribution in [-0.2, 0) is 6.61 Å². The van der Waals surface area contributed by atoms with Gasteiger partial charge in [0.25, 0.3) is 5.91 Å². The standard InChI is InChI=1S/C23H17ClIN3O3/c1-30-21-11-15(13-27-28-23(29)16-6-8-19(24)9-7-16)10-20(25)22(21)31-14-18-5-3-2-4-17(18)12-26/h2-11,13H,14H2,1H3,(H,28,29)/b27-13-. The smallest absolute Gasteiger partial charge is 0.271 e. The molecule has 0 saturated heterocycles. The average molecular weight is 546 g/mol. The van der Waals surface area contributed by atoms with E-state index in [1.165, 1.54) is 6.21 Å². The van der Waals surface area contributed by atoms with E-state index in [2.05, 4.69) is 39.2 Å². The van der Waals surface area contributed by atoms with Gasteiger partial charge in [-0.15, -0.1) is 0 Å². The summed E-state index contributed by atoms with van der Waals surface area (Å²) in [5.41, 5.74) is 5.01. The van der Waals surface area contributed by atoms with E-state index in [0.29, 0.717) is 27.6 Å². The van der Waals surface area contributed by atoms with Crippen molar-refractivity contribution < 1.29 is 14.3 Å². The maximum Gasteiger partial charge on any atom is 0.271 e. The lowest BCUT2D eigenvalue weighted by Gasteiger charge is -2.14. The lowest BCUT2D eigenvalue weighted by Crippen LogP contribution is -2.17. The molecule has 0 aliphatic heterocycles. The van der Waals surface area contributed by atoms with Gasteiger partial charge in [0.1, 0.15) is 6.61 Å². The fraction of sp³-hybridized carbons (Fsp3) is 0.0870. The third kappa shape index (κ3) is 5.96. The van der Waals surface area contributed by atoms with Crippen molar-refractivity contribution in [1.82, 2.24) is 5.43 Å². The summed E-state index contributed by atoms with van der Waals surface area (Å²) in [6, 6.07) is 19.6. The van der Waals surface area contributed by atoms with E-state index in [1.807, 2.05) is 24.3 Å². The first-order chi connectivity index (χ1) is 15.0. The Morgan fingerprint density at radius 1 is 1.23 bits per heavy atom. The highest BCUT2D eigenvalue weighted by molar-refractivity contribution is 14.1. The molecule has 0 atom stereocenters. The molecule has 3 rings (SSSR count). The molecule has 31 heavy (non-hydrogen) atoms. The number of ether oxygens (including phenoxy) is 2. The van der Waals surface area contributed by atoms with Crippen LogP contribution < -0.4 is 14.9 Å². The van der Waals surface area contributed by atoms with Crippen LogP contribution in [0.5, 0.6) is 11.5 Å². The Balaban J connectivity index is 1.71. The van der Waals surface area contributed by atoms with Gasteiger partial charge in [-0.05, 0) is 70.6 Å². The quantitative estimate of drug-likeness (QED) is 0.252. The summed E-state index contributed by atoms with van der Waals surface area (Å²) in [6.07, 6.45) is 1.52. The van der Waals surface area contributed by atoms with Gasteiger partial charge in [-0.25, -0.2) is 5.43 Å². The summed E-state index contributed by atoms with van der Waals surface area (Å²) in [7, 11) is 1.55. The number of nitrogens with one attached hydrogen (secondary N) is 1. The zero-order valence-corrected chi connectivity index (χ0v) is 19.3. The Kier molecular flexibility index (Phi) is 7.87. The predicted octanol–water partition coefficient (Wildman–Crippen LogP) is 5.17. The van der Waals surface area contributed by atoms with Gasteiger partial charge in [-0.1, -0.05) is 29.8 Å². The van der Waals surface area contributed by atoms with E-state index in [-0.39, 0.29) is 12.5 Å². The lowest BCUT2D eigenvalue weighted by molar-refractivity contribution is 0.0955. The third-order valence-electron chi connectivity index (χ3n) is 4.25. The molecule has 8 heteroatoms. The Morgan fingerprint density at radius 3 is 2.68 bits per heavy atom. The van der Waals surface area contributed by atoms with Crippen molar-refractivity contribution >= 4 is 46.3 Å². The van der Waals surface area contributed by atoms with Gasteiger partial charge in [-0.3, -0.25) is 4.79 Å². The molecule has 3 aromatic carbocycles. The second-order valence-electron chi connectivity index (χ2n) is 6.30. The number of rotatable bonds is 7. The van der Waals surface area contributed by atoms with Gasteiger partial charge in [0.2, 0.25) is 0 Å². The van der Waals surface area contributed by atoms with E-state index in [9.17, 15) is 10.1 Å². The van der Waals surface area contributed by atoms with Gasteiger partial charge in [-0.2, -0.15) is 10.4 Å². The van der Waals surface area contributed by atoms with Crippen LogP contribution in [0.15, 0.2) is 65.8 Å². The van der Waals surface area contributed by atoms with Crippen LogP contribution in [0.2, 0.25) is 5.02 Å². The summed E-state index contributed by atoms with van der Waals surface area (Å²) in [4.78, 5) is 12.1. The van der Waals surface area contributed by atoms with Crippen LogP contribution >= 0.6 is 34.2 Å². The molecule has 156 valence electrons. The molecule has 1 amide bonds. The number of hydrogen-bond acceptors (Lipinski definition) is 5. The number of halogens is 2. The van der Waals surface area contributed by atoms with E-state index in [4.69, 9.17) is 21.1 Å². The van der Waals surface area contributed by atoms with Crippen molar-refractivity contribution in [3.63, 3.8) is 0 Å². The molecule has 0 fully saturated rings. The van der Waals surface area contributed by atoms with Crippen molar-refractivity contribution in [3.05, 3.63) is 91.5 Å². The SMILES string of the molecule is COc1cc(/C=N\NC(=O)c2ccc(Cl)cc2)cc(I)c1OCc1ccccc1C#N. The molecule has 0 aliphatic rings. The monoisotopic (exact) mass is 545 g/mol. The van der Waals surface area contributed by atoms with E-state index in [0.717, 1.165) is 14.7 Å². The summed E-state index contributed by atoms with van der Waals surface area (Å²) < 4.78 is 12.2. The number of carbonyl (C=O) groups excluding carboxylic acids is 1. The average Bonchev–Trinajstić information content (AvgIpc) is 2.78. The van der Waals surface area contributed by atoms with Gasteiger partial charge in [0, 0.05) is 16.1 Å². The van der Waals surface area contributed by atoms with E-state index < -0.39 is 0 Å². The summed E-state index contributed by atoms with van der Waals surface area (Å²) in [5.74, 6) is 0.746. The van der Waals surface area contributed by atoms with Crippen LogP contribution in [-0.4, -0.2) is 19.2 Å². The third-order valence-corrected chi connectivity index (χ3v) is 5.30. The van der Waals surface area contributed by atoms with Gasteiger partial charge in [0.15, 0.2) is 11.5 Å².